The van der Waals surface area contributed by atoms with Crippen LogP contribution in [0.25, 0.3) is 0 Å². The van der Waals surface area contributed by atoms with Crippen molar-refractivity contribution in [2.24, 2.45) is 10.9 Å². The van der Waals surface area contributed by atoms with Gasteiger partial charge in [-0.25, -0.2) is 0 Å². The van der Waals surface area contributed by atoms with Crippen molar-refractivity contribution in [3.63, 3.8) is 0 Å². The van der Waals surface area contributed by atoms with Crippen LogP contribution in [-0.2, 0) is 9.53 Å². The molecule has 144 valence electrons. The molecule has 1 amide bonds. The van der Waals surface area contributed by atoms with Crippen molar-refractivity contribution in [2.45, 2.75) is 63.8 Å². The largest absolute Gasteiger partial charge is 0.381 e. The second-order valence-electron chi connectivity index (χ2n) is 7.39. The summed E-state index contributed by atoms with van der Waals surface area (Å²) < 4.78 is 5.42. The summed E-state index contributed by atoms with van der Waals surface area (Å²) in [6.07, 6.45) is 10.1. The third-order valence-electron chi connectivity index (χ3n) is 5.39. The van der Waals surface area contributed by atoms with Gasteiger partial charge in [0.1, 0.15) is 0 Å². The highest BCUT2D eigenvalue weighted by Gasteiger charge is 2.17. The molecule has 0 spiro atoms. The zero-order chi connectivity index (χ0) is 17.9. The third-order valence-corrected chi connectivity index (χ3v) is 5.39. The Hall–Kier alpha value is -1.30. The fraction of sp³-hybridized carbons (Fsp3) is 0.895. The lowest BCUT2D eigenvalue weighted by atomic mass is 9.95. The highest BCUT2D eigenvalue weighted by molar-refractivity contribution is 5.81. The second kappa shape index (κ2) is 11.3. The fourth-order valence-corrected chi connectivity index (χ4v) is 3.74. The van der Waals surface area contributed by atoms with Crippen LogP contribution >= 0.6 is 0 Å². The van der Waals surface area contributed by atoms with E-state index in [2.05, 4.69) is 27.6 Å². The Morgan fingerprint density at radius 1 is 1.16 bits per heavy atom. The maximum atomic E-state index is 12.1. The highest BCUT2D eigenvalue weighted by atomic mass is 16.5. The summed E-state index contributed by atoms with van der Waals surface area (Å²) >= 11 is 0. The minimum Gasteiger partial charge on any atom is -0.381 e. The van der Waals surface area contributed by atoms with Crippen LogP contribution in [-0.4, -0.2) is 63.2 Å². The van der Waals surface area contributed by atoms with Gasteiger partial charge in [-0.05, 0) is 38.0 Å². The Bertz CT molecular complexity index is 416. The van der Waals surface area contributed by atoms with Crippen LogP contribution in [0.1, 0.15) is 57.8 Å². The van der Waals surface area contributed by atoms with E-state index in [0.29, 0.717) is 19.0 Å². The normalized spacial score (nSPS) is 20.3. The molecule has 2 rings (SSSR count). The molecule has 0 bridgehead atoms. The van der Waals surface area contributed by atoms with Gasteiger partial charge >= 0.3 is 0 Å². The Labute approximate surface area is 152 Å². The zero-order valence-corrected chi connectivity index (χ0v) is 16.1. The molecule has 25 heavy (non-hydrogen) atoms. The van der Waals surface area contributed by atoms with Crippen molar-refractivity contribution >= 4 is 11.9 Å². The van der Waals surface area contributed by atoms with Crippen LogP contribution in [0, 0.1) is 5.92 Å². The summed E-state index contributed by atoms with van der Waals surface area (Å²) in [5.41, 5.74) is 0. The predicted octanol–water partition coefficient (Wildman–Crippen LogP) is 2.15. The van der Waals surface area contributed by atoms with Crippen LogP contribution in [0.5, 0.6) is 0 Å². The number of hydrogen-bond donors (Lipinski definition) is 2. The van der Waals surface area contributed by atoms with E-state index in [-0.39, 0.29) is 5.91 Å². The van der Waals surface area contributed by atoms with Crippen molar-refractivity contribution < 1.29 is 9.53 Å². The van der Waals surface area contributed by atoms with Crippen molar-refractivity contribution in [3.05, 3.63) is 0 Å². The molecule has 0 atom stereocenters. The summed E-state index contributed by atoms with van der Waals surface area (Å²) in [5, 5.41) is 6.48. The van der Waals surface area contributed by atoms with Gasteiger partial charge < -0.3 is 20.3 Å². The van der Waals surface area contributed by atoms with E-state index < -0.39 is 0 Å². The summed E-state index contributed by atoms with van der Waals surface area (Å²) in [4.78, 5) is 18.6. The van der Waals surface area contributed by atoms with Crippen LogP contribution in [0.4, 0.5) is 0 Å². The molecular weight excluding hydrogens is 316 g/mol. The van der Waals surface area contributed by atoms with Gasteiger partial charge in [-0.15, -0.1) is 0 Å². The monoisotopic (exact) mass is 352 g/mol. The molecule has 6 nitrogen and oxygen atoms in total. The van der Waals surface area contributed by atoms with Gasteiger partial charge in [-0.3, -0.25) is 9.79 Å². The van der Waals surface area contributed by atoms with E-state index in [1.54, 1.807) is 7.05 Å². The van der Waals surface area contributed by atoms with Gasteiger partial charge in [-0.1, -0.05) is 19.3 Å². The topological polar surface area (TPSA) is 66.0 Å². The number of aliphatic imine (C=N–C) groups is 1. The molecule has 1 saturated carbocycles. The lowest BCUT2D eigenvalue weighted by Gasteiger charge is -2.27. The molecular formula is C19H36N4O2. The fourth-order valence-electron chi connectivity index (χ4n) is 3.74. The third kappa shape index (κ3) is 7.63. The minimum atomic E-state index is 0.153. The van der Waals surface area contributed by atoms with Gasteiger partial charge in [-0.2, -0.15) is 0 Å². The Morgan fingerprint density at radius 2 is 1.88 bits per heavy atom. The number of guanidine groups is 1. The van der Waals surface area contributed by atoms with Crippen molar-refractivity contribution in [2.75, 3.05) is 40.4 Å². The molecule has 2 aliphatic rings. The lowest BCUT2D eigenvalue weighted by Crippen LogP contribution is -2.42. The number of nitrogens with zero attached hydrogens (tertiary/aromatic N) is 2. The molecule has 1 heterocycles. The number of amides is 1. The quantitative estimate of drug-likeness (QED) is 0.544. The second-order valence-corrected chi connectivity index (χ2v) is 7.39. The standard InChI is InChI=1S/C19H36N4O2/c1-20-19(23(2)13-9-16-10-14-25-15-11-16)21-12-8-18(24)22-17-6-4-3-5-7-17/h16-17H,3-15H2,1-2H3,(H,20,21)(H,22,24). The number of hydrogen-bond acceptors (Lipinski definition) is 3. The average molecular weight is 353 g/mol. The maximum absolute atomic E-state index is 12.1. The first-order valence-corrected chi connectivity index (χ1v) is 9.98. The van der Waals surface area contributed by atoms with E-state index >= 15 is 0 Å². The number of carbonyl (C=O) groups is 1. The molecule has 1 aliphatic carbocycles. The van der Waals surface area contributed by atoms with E-state index in [1.807, 2.05) is 0 Å². The summed E-state index contributed by atoms with van der Waals surface area (Å²) in [7, 11) is 3.87. The number of carbonyl (C=O) groups excluding carboxylic acids is 1. The van der Waals surface area contributed by atoms with Gasteiger partial charge in [0.15, 0.2) is 5.96 Å². The molecule has 0 radical (unpaired) electrons. The van der Waals surface area contributed by atoms with Crippen LogP contribution < -0.4 is 10.6 Å². The smallest absolute Gasteiger partial charge is 0.221 e. The Kier molecular flexibility index (Phi) is 9.08. The van der Waals surface area contributed by atoms with Crippen molar-refractivity contribution in [3.8, 4) is 0 Å². The molecule has 1 saturated heterocycles. The van der Waals surface area contributed by atoms with E-state index in [4.69, 9.17) is 4.74 Å². The highest BCUT2D eigenvalue weighted by Crippen LogP contribution is 2.18. The summed E-state index contributed by atoms with van der Waals surface area (Å²) in [6, 6.07) is 0.391. The molecule has 2 N–H and O–H groups in total. The zero-order valence-electron chi connectivity index (χ0n) is 16.1. The molecule has 1 aliphatic heterocycles. The van der Waals surface area contributed by atoms with Crippen molar-refractivity contribution in [1.29, 1.82) is 0 Å². The lowest BCUT2D eigenvalue weighted by molar-refractivity contribution is -0.121. The summed E-state index contributed by atoms with van der Waals surface area (Å²) in [6.45, 7) is 3.42. The minimum absolute atomic E-state index is 0.153. The van der Waals surface area contributed by atoms with Crippen LogP contribution in [0.3, 0.4) is 0 Å². The van der Waals surface area contributed by atoms with E-state index in [9.17, 15) is 4.79 Å². The van der Waals surface area contributed by atoms with E-state index in [0.717, 1.165) is 44.5 Å². The maximum Gasteiger partial charge on any atom is 0.221 e. The SMILES string of the molecule is CN=C(NCCC(=O)NC1CCCCC1)N(C)CCC1CCOCC1. The van der Waals surface area contributed by atoms with Gasteiger partial charge in [0.2, 0.25) is 5.91 Å². The van der Waals surface area contributed by atoms with Gasteiger partial charge in [0, 0.05) is 52.9 Å². The van der Waals surface area contributed by atoms with Crippen LogP contribution in [0.15, 0.2) is 4.99 Å². The molecule has 6 heteroatoms. The number of nitrogens with one attached hydrogen (secondary N) is 2. The molecule has 0 aromatic heterocycles. The molecule has 0 aromatic carbocycles. The van der Waals surface area contributed by atoms with E-state index in [1.165, 1.54) is 38.5 Å². The first-order valence-electron chi connectivity index (χ1n) is 9.98. The van der Waals surface area contributed by atoms with Crippen LogP contribution in [0.2, 0.25) is 0 Å². The van der Waals surface area contributed by atoms with Gasteiger partial charge in [0.25, 0.3) is 0 Å². The van der Waals surface area contributed by atoms with Crippen molar-refractivity contribution in [1.82, 2.24) is 15.5 Å². The average Bonchev–Trinajstić information content (AvgIpc) is 2.65. The molecule has 0 aromatic rings. The molecule has 2 fully saturated rings. The first kappa shape index (κ1) is 20.0. The molecule has 0 unspecified atom stereocenters. The number of rotatable bonds is 7. The Morgan fingerprint density at radius 3 is 2.56 bits per heavy atom. The number of ether oxygens (including phenoxy) is 1. The predicted molar refractivity (Wildman–Crippen MR) is 102 cm³/mol. The van der Waals surface area contributed by atoms with Gasteiger partial charge in [0.05, 0.1) is 0 Å². The Balaban J connectivity index is 1.60. The first-order chi connectivity index (χ1) is 12.2. The summed E-state index contributed by atoms with van der Waals surface area (Å²) in [5.74, 6) is 1.79.